The van der Waals surface area contributed by atoms with Gasteiger partial charge in [0.1, 0.15) is 18.4 Å². The van der Waals surface area contributed by atoms with Crippen molar-refractivity contribution in [3.8, 4) is 5.75 Å². The number of Topliss-reactive ketones (excluding diaryl/α,β-unsaturated/α-hetero) is 1. The van der Waals surface area contributed by atoms with Crippen molar-refractivity contribution >= 4 is 17.7 Å². The second-order valence-corrected chi connectivity index (χ2v) is 6.28. The van der Waals surface area contributed by atoms with E-state index in [-0.39, 0.29) is 12.2 Å². The summed E-state index contributed by atoms with van der Waals surface area (Å²) < 4.78 is 10.5. The number of benzene rings is 2. The van der Waals surface area contributed by atoms with Crippen molar-refractivity contribution in [2.75, 3.05) is 13.7 Å². The average Bonchev–Trinajstić information content (AvgIpc) is 3.21. The summed E-state index contributed by atoms with van der Waals surface area (Å²) in [4.78, 5) is 39.1. The number of amides is 1. The molecule has 0 aliphatic carbocycles. The number of para-hydroxylation sites is 1. The maximum atomic E-state index is 12.7. The number of carbonyl (C=O) groups excluding carboxylic acids is 3. The maximum absolute atomic E-state index is 12.7. The number of rotatable bonds is 6. The second kappa shape index (κ2) is 8.49. The monoisotopic (exact) mass is 367 g/mol. The van der Waals surface area contributed by atoms with Gasteiger partial charge in [0.25, 0.3) is 11.7 Å². The highest BCUT2D eigenvalue weighted by Crippen LogP contribution is 2.23. The standard InChI is InChI=1S/C21H21NO5/c1-26-18-12-6-5-10-16(18)19(23)20(24)22-13-7-11-17(22)21(25)27-14-15-8-3-2-4-9-15/h2-6,8-10,12,17H,7,11,13-14H2,1H3. The Morgan fingerprint density at radius 3 is 2.48 bits per heavy atom. The van der Waals surface area contributed by atoms with Gasteiger partial charge in [-0.1, -0.05) is 42.5 Å². The summed E-state index contributed by atoms with van der Waals surface area (Å²) in [6.07, 6.45) is 1.13. The van der Waals surface area contributed by atoms with E-state index in [2.05, 4.69) is 0 Å². The van der Waals surface area contributed by atoms with Gasteiger partial charge in [-0.3, -0.25) is 9.59 Å². The Morgan fingerprint density at radius 2 is 1.74 bits per heavy atom. The zero-order chi connectivity index (χ0) is 19.2. The normalized spacial score (nSPS) is 16.0. The van der Waals surface area contributed by atoms with Gasteiger partial charge >= 0.3 is 5.97 Å². The third kappa shape index (κ3) is 4.16. The van der Waals surface area contributed by atoms with Crippen molar-refractivity contribution < 1.29 is 23.9 Å². The van der Waals surface area contributed by atoms with E-state index in [0.29, 0.717) is 25.1 Å². The Morgan fingerprint density at radius 1 is 1.04 bits per heavy atom. The molecule has 2 aromatic rings. The lowest BCUT2D eigenvalue weighted by molar-refractivity contribution is -0.153. The van der Waals surface area contributed by atoms with Crippen LogP contribution >= 0.6 is 0 Å². The van der Waals surface area contributed by atoms with Crippen LogP contribution in [-0.2, 0) is 20.9 Å². The summed E-state index contributed by atoms with van der Waals surface area (Å²) in [5.74, 6) is -1.55. The molecular formula is C21H21NO5. The van der Waals surface area contributed by atoms with Crippen LogP contribution in [0.15, 0.2) is 54.6 Å². The van der Waals surface area contributed by atoms with Crippen LogP contribution in [-0.4, -0.2) is 42.3 Å². The molecule has 140 valence electrons. The van der Waals surface area contributed by atoms with Crippen LogP contribution < -0.4 is 4.74 Å². The van der Waals surface area contributed by atoms with Crippen molar-refractivity contribution in [1.29, 1.82) is 0 Å². The van der Waals surface area contributed by atoms with E-state index in [9.17, 15) is 14.4 Å². The number of ketones is 1. The van der Waals surface area contributed by atoms with Crippen LogP contribution in [0, 0.1) is 0 Å². The Hall–Kier alpha value is -3.15. The van der Waals surface area contributed by atoms with E-state index in [0.717, 1.165) is 5.56 Å². The van der Waals surface area contributed by atoms with Crippen LogP contribution in [0.5, 0.6) is 5.75 Å². The molecule has 0 N–H and O–H groups in total. The zero-order valence-electron chi connectivity index (χ0n) is 15.1. The van der Waals surface area contributed by atoms with Gasteiger partial charge in [-0.2, -0.15) is 0 Å². The minimum atomic E-state index is -0.736. The zero-order valence-corrected chi connectivity index (χ0v) is 15.1. The van der Waals surface area contributed by atoms with Gasteiger partial charge in [-0.25, -0.2) is 4.79 Å². The fourth-order valence-electron chi connectivity index (χ4n) is 3.16. The summed E-state index contributed by atoms with van der Waals surface area (Å²) in [6, 6.07) is 15.1. The molecule has 1 saturated heterocycles. The Balaban J connectivity index is 1.68. The molecule has 3 rings (SSSR count). The van der Waals surface area contributed by atoms with E-state index in [1.165, 1.54) is 18.1 Å². The molecule has 0 spiro atoms. The quantitative estimate of drug-likeness (QED) is 0.446. The highest BCUT2D eigenvalue weighted by atomic mass is 16.5. The summed E-state index contributed by atoms with van der Waals surface area (Å²) in [7, 11) is 1.44. The lowest BCUT2D eigenvalue weighted by Crippen LogP contribution is -2.44. The van der Waals surface area contributed by atoms with E-state index >= 15 is 0 Å². The van der Waals surface area contributed by atoms with Gasteiger partial charge in [0, 0.05) is 6.54 Å². The molecule has 1 amide bonds. The number of likely N-dealkylation sites (tertiary alicyclic amines) is 1. The van der Waals surface area contributed by atoms with E-state index in [1.54, 1.807) is 18.2 Å². The van der Waals surface area contributed by atoms with E-state index in [4.69, 9.17) is 9.47 Å². The van der Waals surface area contributed by atoms with Crippen LogP contribution in [0.3, 0.4) is 0 Å². The third-order valence-electron chi connectivity index (χ3n) is 4.56. The molecule has 0 saturated carbocycles. The number of nitrogens with zero attached hydrogens (tertiary/aromatic N) is 1. The van der Waals surface area contributed by atoms with Crippen molar-refractivity contribution in [3.05, 3.63) is 65.7 Å². The lowest BCUT2D eigenvalue weighted by Gasteiger charge is -2.23. The Kier molecular flexibility index (Phi) is 5.86. The van der Waals surface area contributed by atoms with Crippen molar-refractivity contribution in [1.82, 2.24) is 4.90 Å². The molecule has 6 heteroatoms. The highest BCUT2D eigenvalue weighted by Gasteiger charge is 2.38. The minimum absolute atomic E-state index is 0.138. The van der Waals surface area contributed by atoms with Gasteiger partial charge in [-0.05, 0) is 30.5 Å². The van der Waals surface area contributed by atoms with Crippen molar-refractivity contribution in [3.63, 3.8) is 0 Å². The summed E-state index contributed by atoms with van der Waals surface area (Å²) in [6.45, 7) is 0.490. The van der Waals surface area contributed by atoms with Crippen molar-refractivity contribution in [2.45, 2.75) is 25.5 Å². The van der Waals surface area contributed by atoms with E-state index in [1.807, 2.05) is 30.3 Å². The van der Waals surface area contributed by atoms with Crippen LogP contribution in [0.2, 0.25) is 0 Å². The number of esters is 1. The van der Waals surface area contributed by atoms with Gasteiger partial charge < -0.3 is 14.4 Å². The molecular weight excluding hydrogens is 346 g/mol. The number of methoxy groups -OCH3 is 1. The first-order chi connectivity index (χ1) is 13.1. The fourth-order valence-corrected chi connectivity index (χ4v) is 3.16. The largest absolute Gasteiger partial charge is 0.496 e. The van der Waals surface area contributed by atoms with Gasteiger partial charge in [-0.15, -0.1) is 0 Å². The first kappa shape index (κ1) is 18.6. The molecule has 1 heterocycles. The summed E-state index contributed by atoms with van der Waals surface area (Å²) in [5.41, 5.74) is 1.06. The predicted octanol–water partition coefficient (Wildman–Crippen LogP) is 2.61. The van der Waals surface area contributed by atoms with Crippen LogP contribution in [0.4, 0.5) is 0 Å². The third-order valence-corrected chi connectivity index (χ3v) is 4.56. The fraction of sp³-hybridized carbons (Fsp3) is 0.286. The van der Waals surface area contributed by atoms with Crippen LogP contribution in [0.25, 0.3) is 0 Å². The molecule has 27 heavy (non-hydrogen) atoms. The SMILES string of the molecule is COc1ccccc1C(=O)C(=O)N1CCCC1C(=O)OCc1ccccc1. The topological polar surface area (TPSA) is 72.9 Å². The minimum Gasteiger partial charge on any atom is -0.496 e. The molecule has 2 aromatic carbocycles. The summed E-state index contributed by atoms with van der Waals surface area (Å²) >= 11 is 0. The van der Waals surface area contributed by atoms with Gasteiger partial charge in [0.05, 0.1) is 12.7 Å². The maximum Gasteiger partial charge on any atom is 0.329 e. The molecule has 0 radical (unpaired) electrons. The Labute approximate surface area is 157 Å². The Bertz CT molecular complexity index is 833. The average molecular weight is 367 g/mol. The molecule has 6 nitrogen and oxygen atoms in total. The smallest absolute Gasteiger partial charge is 0.329 e. The molecule has 1 atom stereocenters. The second-order valence-electron chi connectivity index (χ2n) is 6.28. The highest BCUT2D eigenvalue weighted by molar-refractivity contribution is 6.43. The number of hydrogen-bond donors (Lipinski definition) is 0. The molecule has 1 unspecified atom stereocenters. The predicted molar refractivity (Wildman–Crippen MR) is 98.3 cm³/mol. The number of carbonyl (C=O) groups is 3. The summed E-state index contributed by atoms with van der Waals surface area (Å²) in [5, 5.41) is 0. The van der Waals surface area contributed by atoms with E-state index < -0.39 is 23.7 Å². The number of ether oxygens (including phenoxy) is 2. The first-order valence-corrected chi connectivity index (χ1v) is 8.80. The van der Waals surface area contributed by atoms with Gasteiger partial charge in [0.15, 0.2) is 0 Å². The molecule has 1 aliphatic heterocycles. The number of hydrogen-bond acceptors (Lipinski definition) is 5. The lowest BCUT2D eigenvalue weighted by atomic mass is 10.1. The van der Waals surface area contributed by atoms with Crippen molar-refractivity contribution in [2.24, 2.45) is 0 Å². The first-order valence-electron chi connectivity index (χ1n) is 8.80. The van der Waals surface area contributed by atoms with Crippen LogP contribution in [0.1, 0.15) is 28.8 Å². The molecule has 1 aliphatic rings. The van der Waals surface area contributed by atoms with Gasteiger partial charge in [0.2, 0.25) is 0 Å². The molecule has 0 aromatic heterocycles. The molecule has 0 bridgehead atoms. The molecule has 1 fully saturated rings.